The zero-order valence-electron chi connectivity index (χ0n) is 9.52. The summed E-state index contributed by atoms with van der Waals surface area (Å²) in [7, 11) is 0. The minimum absolute atomic E-state index is 0.0858. The van der Waals surface area contributed by atoms with E-state index in [9.17, 15) is 4.79 Å². The number of nitrogens with zero attached hydrogens (tertiary/aromatic N) is 2. The average Bonchev–Trinajstić information content (AvgIpc) is 2.88. The maximum atomic E-state index is 11.4. The summed E-state index contributed by atoms with van der Waals surface area (Å²) in [6.07, 6.45) is 3.33. The van der Waals surface area contributed by atoms with Gasteiger partial charge in [-0.3, -0.25) is 4.79 Å². The topological polar surface area (TPSA) is 89.3 Å². The van der Waals surface area contributed by atoms with Crippen molar-refractivity contribution in [2.24, 2.45) is 0 Å². The molecular formula is C10H16N4O3. The first kappa shape index (κ1) is 12.0. The van der Waals surface area contributed by atoms with E-state index in [1.165, 1.54) is 6.39 Å². The number of nitrogens with one attached hydrogen (secondary N) is 2. The lowest BCUT2D eigenvalue weighted by atomic mass is 10.1. The Morgan fingerprint density at radius 2 is 2.41 bits per heavy atom. The average molecular weight is 240 g/mol. The molecule has 1 aromatic heterocycles. The summed E-state index contributed by atoms with van der Waals surface area (Å²) < 4.78 is 10.0. The lowest BCUT2D eigenvalue weighted by molar-refractivity contribution is -0.128. The third kappa shape index (κ3) is 4.12. The molecule has 1 fully saturated rings. The fraction of sp³-hybridized carbons (Fsp3) is 0.700. The standard InChI is InChI=1S/C10H16N4O3/c15-10(12-5-9-13-7-17-14-9)6-16-8-1-3-11-4-2-8/h7-8,11H,1-6H2,(H,12,15). The fourth-order valence-electron chi connectivity index (χ4n) is 1.65. The molecule has 17 heavy (non-hydrogen) atoms. The van der Waals surface area contributed by atoms with Gasteiger partial charge in [-0.15, -0.1) is 0 Å². The molecule has 0 unspecified atom stereocenters. The molecule has 0 radical (unpaired) electrons. The molecule has 0 bridgehead atoms. The highest BCUT2D eigenvalue weighted by Gasteiger charge is 2.14. The molecule has 7 nitrogen and oxygen atoms in total. The lowest BCUT2D eigenvalue weighted by Crippen LogP contribution is -2.35. The number of rotatable bonds is 5. The van der Waals surface area contributed by atoms with Gasteiger partial charge in [0.15, 0.2) is 5.82 Å². The predicted molar refractivity (Wildman–Crippen MR) is 58.0 cm³/mol. The van der Waals surface area contributed by atoms with Crippen molar-refractivity contribution in [3.05, 3.63) is 12.2 Å². The number of amides is 1. The van der Waals surface area contributed by atoms with Gasteiger partial charge in [-0.2, -0.15) is 4.98 Å². The summed E-state index contributed by atoms with van der Waals surface area (Å²) in [5, 5.41) is 9.49. The number of piperidine rings is 1. The summed E-state index contributed by atoms with van der Waals surface area (Å²) >= 11 is 0. The first-order chi connectivity index (χ1) is 8.34. The van der Waals surface area contributed by atoms with E-state index in [1.807, 2.05) is 0 Å². The maximum absolute atomic E-state index is 11.4. The Kier molecular flexibility index (Phi) is 4.45. The van der Waals surface area contributed by atoms with Crippen LogP contribution in [0.5, 0.6) is 0 Å². The van der Waals surface area contributed by atoms with E-state index in [0.29, 0.717) is 5.82 Å². The molecule has 1 aromatic rings. The molecular weight excluding hydrogens is 224 g/mol. The Hall–Kier alpha value is -1.47. The largest absolute Gasteiger partial charge is 0.368 e. The summed E-state index contributed by atoms with van der Waals surface area (Å²) in [5.74, 6) is 0.300. The van der Waals surface area contributed by atoms with E-state index in [4.69, 9.17) is 4.74 Å². The lowest BCUT2D eigenvalue weighted by Gasteiger charge is -2.22. The van der Waals surface area contributed by atoms with Gasteiger partial charge in [-0.05, 0) is 25.9 Å². The summed E-state index contributed by atoms with van der Waals surface area (Å²) in [6.45, 7) is 2.26. The minimum atomic E-state index is -0.159. The third-order valence-electron chi connectivity index (χ3n) is 2.59. The van der Waals surface area contributed by atoms with Crippen LogP contribution >= 0.6 is 0 Å². The monoisotopic (exact) mass is 240 g/mol. The molecule has 0 aromatic carbocycles. The summed E-state index contributed by atoms with van der Waals surface area (Å²) in [6, 6.07) is 0. The van der Waals surface area contributed by atoms with Crippen LogP contribution in [0.4, 0.5) is 0 Å². The van der Waals surface area contributed by atoms with Gasteiger partial charge < -0.3 is 19.9 Å². The van der Waals surface area contributed by atoms with Crippen molar-refractivity contribution in [1.29, 1.82) is 0 Å². The second kappa shape index (κ2) is 6.31. The van der Waals surface area contributed by atoms with Crippen LogP contribution in [-0.4, -0.2) is 41.8 Å². The smallest absolute Gasteiger partial charge is 0.246 e. The Morgan fingerprint density at radius 1 is 1.59 bits per heavy atom. The van der Waals surface area contributed by atoms with Crippen molar-refractivity contribution in [3.8, 4) is 0 Å². The Bertz CT molecular complexity index is 335. The van der Waals surface area contributed by atoms with E-state index in [-0.39, 0.29) is 25.2 Å². The molecule has 1 aliphatic rings. The third-order valence-corrected chi connectivity index (χ3v) is 2.59. The van der Waals surface area contributed by atoms with Crippen LogP contribution < -0.4 is 10.6 Å². The molecule has 1 aliphatic heterocycles. The van der Waals surface area contributed by atoms with Crippen molar-refractivity contribution < 1.29 is 14.1 Å². The highest BCUT2D eigenvalue weighted by Crippen LogP contribution is 2.06. The highest BCUT2D eigenvalue weighted by molar-refractivity contribution is 5.77. The highest BCUT2D eigenvalue weighted by atomic mass is 16.5. The molecule has 0 spiro atoms. The van der Waals surface area contributed by atoms with Gasteiger partial charge in [0.05, 0.1) is 12.6 Å². The summed E-state index contributed by atoms with van der Waals surface area (Å²) in [4.78, 5) is 15.2. The Morgan fingerprint density at radius 3 is 3.12 bits per heavy atom. The second-order valence-corrected chi connectivity index (χ2v) is 3.88. The molecule has 2 heterocycles. The normalized spacial score (nSPS) is 16.9. The zero-order valence-corrected chi connectivity index (χ0v) is 9.52. The summed E-state index contributed by atoms with van der Waals surface area (Å²) in [5.41, 5.74) is 0. The first-order valence-electron chi connectivity index (χ1n) is 5.69. The molecule has 0 saturated carbocycles. The fourth-order valence-corrected chi connectivity index (χ4v) is 1.65. The predicted octanol–water partition coefficient (Wildman–Crippen LogP) is -0.546. The van der Waals surface area contributed by atoms with Gasteiger partial charge >= 0.3 is 0 Å². The van der Waals surface area contributed by atoms with Crippen LogP contribution in [0, 0.1) is 0 Å². The Labute approximate surface area is 98.9 Å². The molecule has 1 saturated heterocycles. The molecule has 1 amide bonds. The second-order valence-electron chi connectivity index (χ2n) is 3.88. The molecule has 2 N–H and O–H groups in total. The van der Waals surface area contributed by atoms with Crippen LogP contribution in [0.3, 0.4) is 0 Å². The van der Waals surface area contributed by atoms with Crippen molar-refractivity contribution in [1.82, 2.24) is 20.8 Å². The number of carbonyl (C=O) groups excluding carboxylic acids is 1. The van der Waals surface area contributed by atoms with Crippen LogP contribution in [0.15, 0.2) is 10.9 Å². The van der Waals surface area contributed by atoms with E-state index in [2.05, 4.69) is 25.3 Å². The first-order valence-corrected chi connectivity index (χ1v) is 5.69. The van der Waals surface area contributed by atoms with E-state index >= 15 is 0 Å². The molecule has 0 atom stereocenters. The van der Waals surface area contributed by atoms with Gasteiger partial charge in [-0.25, -0.2) is 0 Å². The number of hydrogen-bond donors (Lipinski definition) is 2. The zero-order chi connectivity index (χ0) is 11.9. The SMILES string of the molecule is O=C(COC1CCNCC1)NCc1ncon1. The van der Waals surface area contributed by atoms with E-state index in [0.717, 1.165) is 25.9 Å². The van der Waals surface area contributed by atoms with Crippen LogP contribution in [0.1, 0.15) is 18.7 Å². The number of ether oxygens (including phenoxy) is 1. The molecule has 7 heteroatoms. The van der Waals surface area contributed by atoms with E-state index in [1.54, 1.807) is 0 Å². The van der Waals surface area contributed by atoms with Gasteiger partial charge in [0.25, 0.3) is 0 Å². The van der Waals surface area contributed by atoms with Crippen molar-refractivity contribution in [2.75, 3.05) is 19.7 Å². The van der Waals surface area contributed by atoms with Gasteiger partial charge in [0.2, 0.25) is 12.3 Å². The maximum Gasteiger partial charge on any atom is 0.246 e. The van der Waals surface area contributed by atoms with Crippen molar-refractivity contribution in [2.45, 2.75) is 25.5 Å². The van der Waals surface area contributed by atoms with Gasteiger partial charge in [0.1, 0.15) is 6.61 Å². The molecule has 0 aliphatic carbocycles. The minimum Gasteiger partial charge on any atom is -0.368 e. The van der Waals surface area contributed by atoms with E-state index < -0.39 is 0 Å². The molecule has 2 rings (SSSR count). The Balaban J connectivity index is 1.60. The van der Waals surface area contributed by atoms with Crippen LogP contribution in [0.2, 0.25) is 0 Å². The van der Waals surface area contributed by atoms with Crippen LogP contribution in [-0.2, 0) is 16.1 Å². The van der Waals surface area contributed by atoms with Gasteiger partial charge in [0, 0.05) is 0 Å². The van der Waals surface area contributed by atoms with Gasteiger partial charge in [-0.1, -0.05) is 5.16 Å². The van der Waals surface area contributed by atoms with Crippen molar-refractivity contribution in [3.63, 3.8) is 0 Å². The van der Waals surface area contributed by atoms with Crippen LogP contribution in [0.25, 0.3) is 0 Å². The quantitative estimate of drug-likeness (QED) is 0.718. The number of carbonyl (C=O) groups is 1. The number of aromatic nitrogens is 2. The molecule has 94 valence electrons. The number of hydrogen-bond acceptors (Lipinski definition) is 6. The van der Waals surface area contributed by atoms with Crippen molar-refractivity contribution >= 4 is 5.91 Å².